The lowest BCUT2D eigenvalue weighted by Gasteiger charge is -2.22. The van der Waals surface area contributed by atoms with E-state index >= 15 is 0 Å². The first kappa shape index (κ1) is 14.4. The highest BCUT2D eigenvalue weighted by molar-refractivity contribution is 5.78. The number of hydrogen-bond donors (Lipinski definition) is 2. The Morgan fingerprint density at radius 2 is 1.87 bits per heavy atom. The molecule has 2 atom stereocenters. The minimum absolute atomic E-state index is 0.0437. The SMILES string of the molecule is CC(N)C(C)C(=O)NCCN(C)C(C)C. The lowest BCUT2D eigenvalue weighted by atomic mass is 10.0. The van der Waals surface area contributed by atoms with E-state index in [1.54, 1.807) is 0 Å². The molecule has 90 valence electrons. The van der Waals surface area contributed by atoms with Gasteiger partial charge in [0.25, 0.3) is 0 Å². The summed E-state index contributed by atoms with van der Waals surface area (Å²) in [6, 6.07) is 0.417. The van der Waals surface area contributed by atoms with Crippen molar-refractivity contribution < 1.29 is 4.79 Å². The molecule has 0 fully saturated rings. The molecule has 15 heavy (non-hydrogen) atoms. The minimum Gasteiger partial charge on any atom is -0.355 e. The van der Waals surface area contributed by atoms with Crippen LogP contribution in [-0.2, 0) is 4.79 Å². The Morgan fingerprint density at radius 3 is 2.27 bits per heavy atom. The third-order valence-corrected chi connectivity index (χ3v) is 2.85. The number of likely N-dealkylation sites (N-methyl/N-ethyl adjacent to an activating group) is 1. The fourth-order valence-corrected chi connectivity index (χ4v) is 1.01. The first-order chi connectivity index (χ1) is 6.86. The van der Waals surface area contributed by atoms with Crippen LogP contribution in [0.5, 0.6) is 0 Å². The van der Waals surface area contributed by atoms with Crippen molar-refractivity contribution in [2.45, 2.75) is 39.8 Å². The maximum absolute atomic E-state index is 11.5. The highest BCUT2D eigenvalue weighted by Gasteiger charge is 2.16. The molecule has 0 aliphatic rings. The molecule has 0 aromatic heterocycles. The molecule has 0 aliphatic heterocycles. The van der Waals surface area contributed by atoms with Crippen molar-refractivity contribution in [3.63, 3.8) is 0 Å². The Bertz CT molecular complexity index is 192. The van der Waals surface area contributed by atoms with Gasteiger partial charge < -0.3 is 16.0 Å². The van der Waals surface area contributed by atoms with E-state index in [1.165, 1.54) is 0 Å². The fraction of sp³-hybridized carbons (Fsp3) is 0.909. The van der Waals surface area contributed by atoms with Crippen LogP contribution < -0.4 is 11.1 Å². The van der Waals surface area contributed by atoms with Gasteiger partial charge in [0, 0.05) is 31.1 Å². The van der Waals surface area contributed by atoms with Crippen LogP contribution in [0.1, 0.15) is 27.7 Å². The van der Waals surface area contributed by atoms with Crippen molar-refractivity contribution in [1.82, 2.24) is 10.2 Å². The van der Waals surface area contributed by atoms with Crippen LogP contribution in [0, 0.1) is 5.92 Å². The van der Waals surface area contributed by atoms with Crippen LogP contribution in [0.25, 0.3) is 0 Å². The van der Waals surface area contributed by atoms with Crippen molar-refractivity contribution in [2.24, 2.45) is 11.7 Å². The number of nitrogens with two attached hydrogens (primary N) is 1. The Balaban J connectivity index is 3.73. The molecule has 0 saturated carbocycles. The predicted octanol–water partition coefficient (Wildman–Crippen LogP) is 0.426. The molecule has 4 nitrogen and oxygen atoms in total. The van der Waals surface area contributed by atoms with E-state index in [2.05, 4.69) is 24.1 Å². The van der Waals surface area contributed by atoms with Gasteiger partial charge in [-0.15, -0.1) is 0 Å². The lowest BCUT2D eigenvalue weighted by Crippen LogP contribution is -2.42. The van der Waals surface area contributed by atoms with Gasteiger partial charge in [0.2, 0.25) is 5.91 Å². The highest BCUT2D eigenvalue weighted by atomic mass is 16.1. The third-order valence-electron chi connectivity index (χ3n) is 2.85. The summed E-state index contributed by atoms with van der Waals surface area (Å²) < 4.78 is 0. The van der Waals surface area contributed by atoms with Gasteiger partial charge in [0.05, 0.1) is 0 Å². The predicted molar refractivity (Wildman–Crippen MR) is 63.6 cm³/mol. The largest absolute Gasteiger partial charge is 0.355 e. The Labute approximate surface area is 93.2 Å². The second kappa shape index (κ2) is 6.80. The Kier molecular flexibility index (Phi) is 6.52. The molecule has 0 saturated heterocycles. The van der Waals surface area contributed by atoms with Crippen LogP contribution in [0.4, 0.5) is 0 Å². The average molecular weight is 215 g/mol. The van der Waals surface area contributed by atoms with Crippen LogP contribution in [0.3, 0.4) is 0 Å². The maximum Gasteiger partial charge on any atom is 0.224 e. The molecule has 0 aromatic carbocycles. The molecule has 0 bridgehead atoms. The van der Waals surface area contributed by atoms with Crippen molar-refractivity contribution >= 4 is 5.91 Å². The summed E-state index contributed by atoms with van der Waals surface area (Å²) >= 11 is 0. The van der Waals surface area contributed by atoms with E-state index in [1.807, 2.05) is 20.9 Å². The second-order valence-corrected chi connectivity index (χ2v) is 4.51. The molecular formula is C11H25N3O. The van der Waals surface area contributed by atoms with Crippen LogP contribution in [0.2, 0.25) is 0 Å². The van der Waals surface area contributed by atoms with Crippen LogP contribution in [-0.4, -0.2) is 43.0 Å². The normalized spacial score (nSPS) is 15.5. The summed E-state index contributed by atoms with van der Waals surface area (Å²) in [5.74, 6) is -0.0727. The Morgan fingerprint density at radius 1 is 1.33 bits per heavy atom. The van der Waals surface area contributed by atoms with Crippen molar-refractivity contribution in [3.8, 4) is 0 Å². The molecule has 0 aromatic rings. The van der Waals surface area contributed by atoms with E-state index < -0.39 is 0 Å². The van der Waals surface area contributed by atoms with Gasteiger partial charge in [0.15, 0.2) is 0 Å². The van der Waals surface area contributed by atoms with E-state index in [4.69, 9.17) is 5.73 Å². The molecule has 0 heterocycles. The summed E-state index contributed by atoms with van der Waals surface area (Å²) in [6.45, 7) is 9.52. The summed E-state index contributed by atoms with van der Waals surface area (Å²) in [5, 5.41) is 2.89. The quantitative estimate of drug-likeness (QED) is 0.675. The zero-order chi connectivity index (χ0) is 12.0. The van der Waals surface area contributed by atoms with Gasteiger partial charge in [-0.1, -0.05) is 6.92 Å². The number of amides is 1. The number of carbonyl (C=O) groups is 1. The molecule has 4 heteroatoms. The number of rotatable bonds is 6. The van der Waals surface area contributed by atoms with E-state index in [-0.39, 0.29) is 17.9 Å². The zero-order valence-electron chi connectivity index (χ0n) is 10.6. The zero-order valence-corrected chi connectivity index (χ0v) is 10.6. The number of hydrogen-bond acceptors (Lipinski definition) is 3. The van der Waals surface area contributed by atoms with Crippen molar-refractivity contribution in [2.75, 3.05) is 20.1 Å². The van der Waals surface area contributed by atoms with Gasteiger partial charge >= 0.3 is 0 Å². The lowest BCUT2D eigenvalue weighted by molar-refractivity contribution is -0.124. The number of nitrogens with zero attached hydrogens (tertiary/aromatic N) is 1. The van der Waals surface area contributed by atoms with Gasteiger partial charge in [-0.25, -0.2) is 0 Å². The second-order valence-electron chi connectivity index (χ2n) is 4.51. The Hall–Kier alpha value is -0.610. The number of carbonyl (C=O) groups excluding carboxylic acids is 1. The molecule has 0 rings (SSSR count). The van der Waals surface area contributed by atoms with Crippen LogP contribution in [0.15, 0.2) is 0 Å². The summed E-state index contributed by atoms with van der Waals surface area (Å²) in [4.78, 5) is 13.7. The van der Waals surface area contributed by atoms with Gasteiger partial charge in [0.1, 0.15) is 0 Å². The van der Waals surface area contributed by atoms with E-state index in [0.29, 0.717) is 12.6 Å². The van der Waals surface area contributed by atoms with Crippen LogP contribution >= 0.6 is 0 Å². The topological polar surface area (TPSA) is 58.4 Å². The summed E-state index contributed by atoms with van der Waals surface area (Å²) in [7, 11) is 2.05. The summed E-state index contributed by atoms with van der Waals surface area (Å²) in [6.07, 6.45) is 0. The van der Waals surface area contributed by atoms with Crippen molar-refractivity contribution in [1.29, 1.82) is 0 Å². The van der Waals surface area contributed by atoms with Crippen molar-refractivity contribution in [3.05, 3.63) is 0 Å². The fourth-order valence-electron chi connectivity index (χ4n) is 1.01. The summed E-state index contributed by atoms with van der Waals surface area (Å²) in [5.41, 5.74) is 5.65. The molecule has 0 radical (unpaired) electrons. The molecule has 0 aliphatic carbocycles. The third kappa shape index (κ3) is 5.74. The van der Waals surface area contributed by atoms with E-state index in [9.17, 15) is 4.79 Å². The van der Waals surface area contributed by atoms with Gasteiger partial charge in [-0.05, 0) is 27.8 Å². The number of nitrogens with one attached hydrogen (secondary N) is 1. The van der Waals surface area contributed by atoms with E-state index in [0.717, 1.165) is 6.54 Å². The van der Waals surface area contributed by atoms with Gasteiger partial charge in [-0.2, -0.15) is 0 Å². The standard InChI is InChI=1S/C11H25N3O/c1-8(2)14(5)7-6-13-11(15)9(3)10(4)12/h8-10H,6-7,12H2,1-5H3,(H,13,15). The molecule has 0 spiro atoms. The first-order valence-electron chi connectivity index (χ1n) is 5.59. The molecular weight excluding hydrogens is 190 g/mol. The maximum atomic E-state index is 11.5. The average Bonchev–Trinajstić information content (AvgIpc) is 2.15. The molecule has 1 amide bonds. The monoisotopic (exact) mass is 215 g/mol. The molecule has 3 N–H and O–H groups in total. The highest BCUT2D eigenvalue weighted by Crippen LogP contribution is 1.99. The first-order valence-corrected chi connectivity index (χ1v) is 5.59. The minimum atomic E-state index is -0.116. The smallest absolute Gasteiger partial charge is 0.224 e. The molecule has 2 unspecified atom stereocenters. The van der Waals surface area contributed by atoms with Gasteiger partial charge in [-0.3, -0.25) is 4.79 Å².